The molecule has 0 bridgehead atoms. The van der Waals surface area contributed by atoms with Gasteiger partial charge < -0.3 is 24.8 Å². The van der Waals surface area contributed by atoms with Gasteiger partial charge in [0.1, 0.15) is 6.54 Å². The largest absolute Gasteiger partial charge is 0.548 e. The van der Waals surface area contributed by atoms with Crippen molar-refractivity contribution in [1.82, 2.24) is 5.32 Å². The first kappa shape index (κ1) is 20.1. The lowest BCUT2D eigenvalue weighted by atomic mass is 10.1. The van der Waals surface area contributed by atoms with Crippen LogP contribution >= 0.6 is 0 Å². The normalized spacial score (nSPS) is 11.9. The number of nitrogens with zero attached hydrogens (tertiary/aromatic N) is 1. The molecule has 0 spiro atoms. The summed E-state index contributed by atoms with van der Waals surface area (Å²) in [6, 6.07) is 8.11. The Morgan fingerprint density at radius 3 is 2.09 bits per heavy atom. The maximum atomic E-state index is 10.7. The lowest BCUT2D eigenvalue weighted by molar-refractivity contribution is -0.870. The molecule has 22 heavy (non-hydrogen) atoms. The Morgan fingerprint density at radius 2 is 1.77 bits per heavy atom. The first-order chi connectivity index (χ1) is 10.2. The minimum absolute atomic E-state index is 0.239. The zero-order chi connectivity index (χ0) is 17.2. The third kappa shape index (κ3) is 10.8. The standard InChI is InChI=1S/C11H13NO3.C5H14NO/c1-8(13)12-10(11(14)15)7-9-5-3-2-4-6-9;1-6(2,3)4-5-7/h2-6,10H,7H2,1H3,(H,12,13)(H,14,15);7H,4-5H2,1-3H3/q;+1/p-1/t10-;/m0./s1. The van der Waals surface area contributed by atoms with Crippen molar-refractivity contribution in [2.45, 2.75) is 19.4 Å². The quantitative estimate of drug-likeness (QED) is 0.671. The zero-order valence-corrected chi connectivity index (χ0v) is 13.7. The summed E-state index contributed by atoms with van der Waals surface area (Å²) in [5, 5.41) is 21.4. The fraction of sp³-hybridized carbons (Fsp3) is 0.500. The number of carboxylic acids is 1. The average Bonchev–Trinajstić information content (AvgIpc) is 2.38. The van der Waals surface area contributed by atoms with E-state index < -0.39 is 12.0 Å². The van der Waals surface area contributed by atoms with E-state index in [-0.39, 0.29) is 18.9 Å². The molecule has 1 atom stereocenters. The number of hydrogen-bond acceptors (Lipinski definition) is 4. The Hall–Kier alpha value is -1.92. The van der Waals surface area contributed by atoms with E-state index in [4.69, 9.17) is 5.11 Å². The smallest absolute Gasteiger partial charge is 0.217 e. The lowest BCUT2D eigenvalue weighted by Gasteiger charge is -2.21. The van der Waals surface area contributed by atoms with Crippen LogP contribution in [0.5, 0.6) is 0 Å². The van der Waals surface area contributed by atoms with Gasteiger partial charge in [-0.3, -0.25) is 4.79 Å². The molecule has 124 valence electrons. The Morgan fingerprint density at radius 1 is 1.23 bits per heavy atom. The number of aliphatic carboxylic acids is 1. The molecular weight excluding hydrogens is 284 g/mol. The highest BCUT2D eigenvalue weighted by Gasteiger charge is 2.11. The van der Waals surface area contributed by atoms with E-state index in [0.29, 0.717) is 0 Å². The van der Waals surface area contributed by atoms with Crippen LogP contribution < -0.4 is 10.4 Å². The molecule has 1 amide bonds. The van der Waals surface area contributed by atoms with Crippen molar-refractivity contribution in [3.05, 3.63) is 35.9 Å². The molecule has 0 radical (unpaired) electrons. The fourth-order valence-corrected chi connectivity index (χ4v) is 1.59. The fourth-order valence-electron chi connectivity index (χ4n) is 1.59. The van der Waals surface area contributed by atoms with Crippen LogP contribution in [0, 0.1) is 0 Å². The number of carboxylic acid groups (broad SMARTS) is 1. The number of carbonyl (C=O) groups is 2. The van der Waals surface area contributed by atoms with Crippen LogP contribution in [0.2, 0.25) is 0 Å². The first-order valence-corrected chi connectivity index (χ1v) is 7.09. The molecule has 1 rings (SSSR count). The molecule has 0 aliphatic carbocycles. The maximum absolute atomic E-state index is 10.7. The number of rotatable bonds is 6. The Labute approximate surface area is 132 Å². The van der Waals surface area contributed by atoms with Gasteiger partial charge in [0.05, 0.1) is 39.8 Å². The van der Waals surface area contributed by atoms with Gasteiger partial charge in [0.2, 0.25) is 5.91 Å². The zero-order valence-electron chi connectivity index (χ0n) is 13.7. The van der Waals surface area contributed by atoms with Crippen molar-refractivity contribution in [2.75, 3.05) is 34.3 Å². The Bertz CT molecular complexity index is 455. The summed E-state index contributed by atoms with van der Waals surface area (Å²) < 4.78 is 0.844. The lowest BCUT2D eigenvalue weighted by Crippen LogP contribution is -2.48. The van der Waals surface area contributed by atoms with E-state index in [9.17, 15) is 14.7 Å². The predicted octanol–water partition coefficient (Wildman–Crippen LogP) is -0.831. The summed E-state index contributed by atoms with van der Waals surface area (Å²) in [5.74, 6) is -1.64. The highest BCUT2D eigenvalue weighted by atomic mass is 16.4. The number of benzene rings is 1. The van der Waals surface area contributed by atoms with E-state index in [0.717, 1.165) is 16.6 Å². The summed E-state index contributed by atoms with van der Waals surface area (Å²) in [7, 11) is 6.16. The van der Waals surface area contributed by atoms with Gasteiger partial charge in [-0.2, -0.15) is 0 Å². The molecule has 1 aromatic carbocycles. The Balaban J connectivity index is 0.000000534. The molecule has 0 heterocycles. The molecule has 0 unspecified atom stereocenters. The van der Waals surface area contributed by atoms with Crippen LogP contribution in [-0.4, -0.2) is 61.8 Å². The number of carbonyl (C=O) groups excluding carboxylic acids is 2. The van der Waals surface area contributed by atoms with Gasteiger partial charge in [-0.05, 0) is 12.0 Å². The monoisotopic (exact) mass is 310 g/mol. The summed E-state index contributed by atoms with van der Waals surface area (Å²) in [5.41, 5.74) is 0.848. The average molecular weight is 310 g/mol. The molecule has 0 aliphatic rings. The molecular formula is C16H26N2O4. The van der Waals surface area contributed by atoms with Crippen molar-refractivity contribution in [2.24, 2.45) is 0 Å². The van der Waals surface area contributed by atoms with Gasteiger partial charge in [-0.1, -0.05) is 30.3 Å². The van der Waals surface area contributed by atoms with Crippen LogP contribution in [0.3, 0.4) is 0 Å². The number of quaternary nitrogens is 1. The van der Waals surface area contributed by atoms with Crippen molar-refractivity contribution in [3.8, 4) is 0 Å². The summed E-state index contributed by atoms with van der Waals surface area (Å²) in [6.07, 6.45) is 0.239. The van der Waals surface area contributed by atoms with Crippen molar-refractivity contribution >= 4 is 11.9 Å². The molecule has 0 aromatic heterocycles. The van der Waals surface area contributed by atoms with Gasteiger partial charge in [0.15, 0.2) is 0 Å². The maximum Gasteiger partial charge on any atom is 0.217 e. The predicted molar refractivity (Wildman–Crippen MR) is 82.7 cm³/mol. The molecule has 1 aromatic rings. The van der Waals surface area contributed by atoms with Gasteiger partial charge in [0, 0.05) is 6.92 Å². The van der Waals surface area contributed by atoms with Crippen LogP contribution in [0.15, 0.2) is 30.3 Å². The number of aliphatic hydroxyl groups is 1. The molecule has 0 aliphatic heterocycles. The van der Waals surface area contributed by atoms with E-state index in [1.54, 1.807) is 12.1 Å². The van der Waals surface area contributed by atoms with E-state index in [1.165, 1.54) is 6.92 Å². The minimum atomic E-state index is -1.27. The Kier molecular flexibility index (Phi) is 9.05. The molecule has 0 fully saturated rings. The first-order valence-electron chi connectivity index (χ1n) is 7.09. The number of aliphatic hydroxyl groups excluding tert-OH is 1. The number of likely N-dealkylation sites (N-methyl/N-ethyl adjacent to an activating group) is 1. The highest BCUT2D eigenvalue weighted by molar-refractivity contribution is 5.81. The SMILES string of the molecule is CC(=O)N[C@@H](Cc1ccccc1)C(=O)[O-].C[N+](C)(C)CCO. The molecule has 0 saturated carbocycles. The number of hydrogen-bond donors (Lipinski definition) is 2. The van der Waals surface area contributed by atoms with Crippen LogP contribution in [0.1, 0.15) is 12.5 Å². The van der Waals surface area contributed by atoms with E-state index >= 15 is 0 Å². The second-order valence-corrected chi connectivity index (χ2v) is 6.00. The van der Waals surface area contributed by atoms with Crippen LogP contribution in [0.25, 0.3) is 0 Å². The van der Waals surface area contributed by atoms with E-state index in [1.807, 2.05) is 18.2 Å². The van der Waals surface area contributed by atoms with Crippen LogP contribution in [-0.2, 0) is 16.0 Å². The molecule has 6 nitrogen and oxygen atoms in total. The van der Waals surface area contributed by atoms with E-state index in [2.05, 4.69) is 26.5 Å². The summed E-state index contributed by atoms with van der Waals surface area (Å²) in [6.45, 7) is 2.39. The van der Waals surface area contributed by atoms with Crippen molar-refractivity contribution in [3.63, 3.8) is 0 Å². The molecule has 6 heteroatoms. The van der Waals surface area contributed by atoms with Crippen molar-refractivity contribution < 1.29 is 24.3 Å². The topological polar surface area (TPSA) is 89.5 Å². The summed E-state index contributed by atoms with van der Waals surface area (Å²) in [4.78, 5) is 21.5. The van der Waals surface area contributed by atoms with Crippen LogP contribution in [0.4, 0.5) is 0 Å². The second-order valence-electron chi connectivity index (χ2n) is 6.00. The number of amides is 1. The number of nitrogens with one attached hydrogen (secondary N) is 1. The van der Waals surface area contributed by atoms with Crippen molar-refractivity contribution in [1.29, 1.82) is 0 Å². The summed E-state index contributed by atoms with van der Waals surface area (Å²) >= 11 is 0. The third-order valence-electron chi connectivity index (χ3n) is 2.72. The van der Waals surface area contributed by atoms with Gasteiger partial charge in [-0.15, -0.1) is 0 Å². The minimum Gasteiger partial charge on any atom is -0.548 e. The van der Waals surface area contributed by atoms with Gasteiger partial charge in [-0.25, -0.2) is 0 Å². The molecule has 0 saturated heterocycles. The van der Waals surface area contributed by atoms with Gasteiger partial charge >= 0.3 is 0 Å². The molecule has 2 N–H and O–H groups in total. The highest BCUT2D eigenvalue weighted by Crippen LogP contribution is 2.02. The third-order valence-corrected chi connectivity index (χ3v) is 2.72. The second kappa shape index (κ2) is 9.92. The van der Waals surface area contributed by atoms with Gasteiger partial charge in [0.25, 0.3) is 0 Å².